The molecule has 0 aliphatic carbocycles. The Morgan fingerprint density at radius 3 is 1.47 bits per heavy atom. The number of carbonyl (C=O) groups excluding carboxylic acids is 2. The lowest BCUT2D eigenvalue weighted by Gasteiger charge is -2.19. The first kappa shape index (κ1) is 54.7. The van der Waals surface area contributed by atoms with Gasteiger partial charge in [0.1, 0.15) is 6.61 Å². The molecule has 0 saturated carbocycles. The van der Waals surface area contributed by atoms with Crippen LogP contribution in [0.2, 0.25) is 0 Å². The minimum Gasteiger partial charge on any atom is -0.462 e. The van der Waals surface area contributed by atoms with E-state index in [2.05, 4.69) is 117 Å². The number of nitrogens with two attached hydrogens (primary N) is 1. The standard InChI is InChI=1S/C48H78NO8P/c1-3-5-7-9-11-13-15-17-19-20-21-22-23-24-25-26-27-29-31-33-35-37-39-41-48(51)57-46(45-56-58(52,53)55-43-42-49)44-54-47(50)40-38-36-34-32-30-28-18-16-14-12-10-8-6-4-2/h5,7,10-13,16-19,21-22,24-25,27,29,33,35,46H,3-4,6,8-9,14-15,20,23,26,28,30-32,34,36-45,49H2,1-2H3,(H,52,53)/b7-5-,12-10-,13-11-,18-16-,19-17-,22-21-,25-24-,29-27-,35-33-. The number of esters is 2. The van der Waals surface area contributed by atoms with Crippen molar-refractivity contribution in [1.29, 1.82) is 0 Å². The summed E-state index contributed by atoms with van der Waals surface area (Å²) in [4.78, 5) is 34.8. The van der Waals surface area contributed by atoms with Gasteiger partial charge in [0.05, 0.1) is 13.2 Å². The van der Waals surface area contributed by atoms with Crippen LogP contribution in [0.15, 0.2) is 109 Å². The highest BCUT2D eigenvalue weighted by Crippen LogP contribution is 2.43. The van der Waals surface area contributed by atoms with Crippen molar-refractivity contribution in [3.8, 4) is 0 Å². The molecule has 0 radical (unpaired) electrons. The minimum absolute atomic E-state index is 0.0356. The molecule has 2 unspecified atom stereocenters. The fraction of sp³-hybridized carbons (Fsp3) is 0.583. The van der Waals surface area contributed by atoms with Crippen molar-refractivity contribution < 1.29 is 37.6 Å². The van der Waals surface area contributed by atoms with E-state index in [9.17, 15) is 19.0 Å². The Labute approximate surface area is 352 Å². The molecule has 0 bridgehead atoms. The zero-order chi connectivity index (χ0) is 42.5. The average Bonchev–Trinajstić information content (AvgIpc) is 3.21. The molecule has 0 fully saturated rings. The number of rotatable bonds is 39. The maximum absolute atomic E-state index is 12.6. The second-order valence-electron chi connectivity index (χ2n) is 13.8. The monoisotopic (exact) mass is 828 g/mol. The molecular formula is C48H78NO8P. The van der Waals surface area contributed by atoms with Crippen LogP contribution in [-0.2, 0) is 32.7 Å². The van der Waals surface area contributed by atoms with E-state index in [1.807, 2.05) is 6.08 Å². The smallest absolute Gasteiger partial charge is 0.462 e. The van der Waals surface area contributed by atoms with Gasteiger partial charge in [-0.1, -0.05) is 155 Å². The molecule has 3 N–H and O–H groups in total. The number of allylic oxidation sites excluding steroid dienone is 18. The highest BCUT2D eigenvalue weighted by molar-refractivity contribution is 7.47. The maximum Gasteiger partial charge on any atom is 0.472 e. The Hall–Kier alpha value is -3.33. The predicted molar refractivity (Wildman–Crippen MR) is 242 cm³/mol. The van der Waals surface area contributed by atoms with Gasteiger partial charge in [-0.05, 0) is 89.9 Å². The number of carbonyl (C=O) groups is 2. The van der Waals surface area contributed by atoms with Gasteiger partial charge in [0.15, 0.2) is 6.10 Å². The number of unbranched alkanes of at least 4 members (excludes halogenated alkanes) is 8. The Kier molecular flexibility index (Phi) is 40.8. The molecule has 0 aliphatic rings. The van der Waals surface area contributed by atoms with Gasteiger partial charge in [-0.2, -0.15) is 0 Å². The maximum atomic E-state index is 12.6. The van der Waals surface area contributed by atoms with Crippen LogP contribution in [0.1, 0.15) is 149 Å². The summed E-state index contributed by atoms with van der Waals surface area (Å²) in [6, 6.07) is 0. The van der Waals surface area contributed by atoms with Crippen LogP contribution in [0.5, 0.6) is 0 Å². The van der Waals surface area contributed by atoms with E-state index in [1.165, 1.54) is 12.8 Å². The molecule has 0 saturated heterocycles. The van der Waals surface area contributed by atoms with Crippen molar-refractivity contribution in [3.63, 3.8) is 0 Å². The molecule has 0 aliphatic heterocycles. The summed E-state index contributed by atoms with van der Waals surface area (Å²) in [7, 11) is -4.40. The molecule has 0 spiro atoms. The van der Waals surface area contributed by atoms with E-state index in [0.29, 0.717) is 19.3 Å². The van der Waals surface area contributed by atoms with Crippen LogP contribution < -0.4 is 5.73 Å². The van der Waals surface area contributed by atoms with Crippen LogP contribution in [0.3, 0.4) is 0 Å². The molecule has 58 heavy (non-hydrogen) atoms. The van der Waals surface area contributed by atoms with Crippen LogP contribution in [0.4, 0.5) is 0 Å². The van der Waals surface area contributed by atoms with Gasteiger partial charge < -0.3 is 20.1 Å². The third-order valence-electron chi connectivity index (χ3n) is 8.39. The van der Waals surface area contributed by atoms with Gasteiger partial charge in [0.25, 0.3) is 0 Å². The molecule has 0 aromatic rings. The van der Waals surface area contributed by atoms with E-state index in [0.717, 1.165) is 89.9 Å². The molecule has 328 valence electrons. The third kappa shape index (κ3) is 42.3. The SMILES string of the molecule is CC/C=C\C/C=C\C/C=C\C/C=C\C/C=C\C/C=C\C/C=C\CCCC(=O)OC(COC(=O)CCCCCCC/C=C\C/C=C\CCCC)COP(=O)(O)OCCN. The molecule has 0 amide bonds. The van der Waals surface area contributed by atoms with E-state index in [1.54, 1.807) is 0 Å². The van der Waals surface area contributed by atoms with E-state index >= 15 is 0 Å². The highest BCUT2D eigenvalue weighted by atomic mass is 31.2. The number of phosphoric acid groups is 1. The summed E-state index contributed by atoms with van der Waals surface area (Å²) in [6.07, 6.45) is 57.0. The van der Waals surface area contributed by atoms with Gasteiger partial charge in [0, 0.05) is 19.4 Å². The molecule has 0 rings (SSSR count). The fourth-order valence-electron chi connectivity index (χ4n) is 5.17. The zero-order valence-electron chi connectivity index (χ0n) is 36.0. The van der Waals surface area contributed by atoms with Gasteiger partial charge in [-0.15, -0.1) is 0 Å². The lowest BCUT2D eigenvalue weighted by Crippen LogP contribution is -2.29. The first-order valence-electron chi connectivity index (χ1n) is 21.9. The summed E-state index contributed by atoms with van der Waals surface area (Å²) in [5, 5.41) is 0. The van der Waals surface area contributed by atoms with E-state index in [-0.39, 0.29) is 32.6 Å². The molecule has 0 aromatic carbocycles. The molecule has 10 heteroatoms. The molecule has 0 heterocycles. The van der Waals surface area contributed by atoms with Crippen LogP contribution in [-0.4, -0.2) is 49.3 Å². The Balaban J connectivity index is 4.31. The Bertz CT molecular complexity index is 1310. The Morgan fingerprint density at radius 1 is 0.534 bits per heavy atom. The van der Waals surface area contributed by atoms with Gasteiger partial charge in [-0.3, -0.25) is 18.6 Å². The number of hydrogen-bond acceptors (Lipinski definition) is 8. The second kappa shape index (κ2) is 43.3. The normalized spacial score (nSPS) is 14.3. The first-order valence-corrected chi connectivity index (χ1v) is 23.4. The van der Waals surface area contributed by atoms with Crippen molar-refractivity contribution in [2.24, 2.45) is 5.73 Å². The Morgan fingerprint density at radius 2 is 0.966 bits per heavy atom. The molecule has 9 nitrogen and oxygen atoms in total. The lowest BCUT2D eigenvalue weighted by molar-refractivity contribution is -0.161. The van der Waals surface area contributed by atoms with Gasteiger partial charge in [-0.25, -0.2) is 4.57 Å². The van der Waals surface area contributed by atoms with Crippen LogP contribution in [0.25, 0.3) is 0 Å². The van der Waals surface area contributed by atoms with Crippen molar-refractivity contribution in [2.75, 3.05) is 26.4 Å². The van der Waals surface area contributed by atoms with Gasteiger partial charge >= 0.3 is 19.8 Å². The van der Waals surface area contributed by atoms with Crippen LogP contribution >= 0.6 is 7.82 Å². The number of phosphoric ester groups is 1. The van der Waals surface area contributed by atoms with Crippen molar-refractivity contribution in [3.05, 3.63) is 109 Å². The van der Waals surface area contributed by atoms with Crippen molar-refractivity contribution >= 4 is 19.8 Å². The van der Waals surface area contributed by atoms with Gasteiger partial charge in [0.2, 0.25) is 0 Å². The quantitative estimate of drug-likeness (QED) is 0.0269. The number of hydrogen-bond donors (Lipinski definition) is 2. The molecular weight excluding hydrogens is 750 g/mol. The summed E-state index contributed by atoms with van der Waals surface area (Å²) < 4.78 is 32.7. The summed E-state index contributed by atoms with van der Waals surface area (Å²) in [6.45, 7) is 3.46. The predicted octanol–water partition coefficient (Wildman–Crippen LogP) is 12.8. The third-order valence-corrected chi connectivity index (χ3v) is 9.38. The molecule has 2 atom stereocenters. The topological polar surface area (TPSA) is 134 Å². The lowest BCUT2D eigenvalue weighted by atomic mass is 10.1. The molecule has 0 aromatic heterocycles. The average molecular weight is 828 g/mol. The van der Waals surface area contributed by atoms with Crippen molar-refractivity contribution in [1.82, 2.24) is 0 Å². The van der Waals surface area contributed by atoms with Crippen LogP contribution in [0, 0.1) is 0 Å². The number of ether oxygens (including phenoxy) is 2. The minimum atomic E-state index is -4.40. The first-order chi connectivity index (χ1) is 28.3. The summed E-state index contributed by atoms with van der Waals surface area (Å²) >= 11 is 0. The van der Waals surface area contributed by atoms with E-state index < -0.39 is 32.5 Å². The summed E-state index contributed by atoms with van der Waals surface area (Å²) in [5.74, 6) is -0.927. The van der Waals surface area contributed by atoms with Crippen molar-refractivity contribution in [2.45, 2.75) is 155 Å². The van der Waals surface area contributed by atoms with E-state index in [4.69, 9.17) is 24.3 Å². The highest BCUT2D eigenvalue weighted by Gasteiger charge is 2.25. The summed E-state index contributed by atoms with van der Waals surface area (Å²) in [5.41, 5.74) is 5.34. The second-order valence-corrected chi connectivity index (χ2v) is 15.3. The largest absolute Gasteiger partial charge is 0.472 e. The zero-order valence-corrected chi connectivity index (χ0v) is 36.9. The fourth-order valence-corrected chi connectivity index (χ4v) is 5.93.